The molecule has 1 fully saturated rings. The van der Waals surface area contributed by atoms with Gasteiger partial charge in [-0.3, -0.25) is 4.79 Å². The lowest BCUT2D eigenvalue weighted by atomic mass is 9.50. The van der Waals surface area contributed by atoms with E-state index in [1.54, 1.807) is 34.0 Å². The van der Waals surface area contributed by atoms with Gasteiger partial charge in [-0.15, -0.1) is 0 Å². The van der Waals surface area contributed by atoms with Crippen molar-refractivity contribution in [3.63, 3.8) is 0 Å². The quantitative estimate of drug-likeness (QED) is 0.288. The van der Waals surface area contributed by atoms with Gasteiger partial charge in [0.1, 0.15) is 11.4 Å². The molecule has 6 atom stereocenters. The average molecular weight is 660 g/mol. The number of hydrogen-bond donors (Lipinski definition) is 1. The molecule has 0 amide bonds. The van der Waals surface area contributed by atoms with Crippen LogP contribution in [0.1, 0.15) is 71.9 Å². The van der Waals surface area contributed by atoms with Gasteiger partial charge >= 0.3 is 24.1 Å². The molecule has 0 radical (unpaired) electrons. The number of carbonyl (C=O) groups excluding carboxylic acids is 4. The second-order valence-corrected chi connectivity index (χ2v) is 14.1. The summed E-state index contributed by atoms with van der Waals surface area (Å²) in [5.41, 5.74) is -1.05. The van der Waals surface area contributed by atoms with Gasteiger partial charge in [0.2, 0.25) is 6.10 Å². The molecule has 1 aromatic carbocycles. The summed E-state index contributed by atoms with van der Waals surface area (Å²) in [7, 11) is 3.54. The zero-order valence-electron chi connectivity index (χ0n) is 28.2. The molecule has 1 saturated heterocycles. The molecule has 4 aliphatic rings. The van der Waals surface area contributed by atoms with Gasteiger partial charge in [0.15, 0.2) is 23.7 Å². The Morgan fingerprint density at radius 3 is 2.49 bits per heavy atom. The summed E-state index contributed by atoms with van der Waals surface area (Å²) in [6, 6.07) is 3.65. The first-order valence-corrected chi connectivity index (χ1v) is 16.0. The van der Waals surface area contributed by atoms with Gasteiger partial charge in [0.25, 0.3) is 0 Å². The molecule has 2 bridgehead atoms. The summed E-state index contributed by atoms with van der Waals surface area (Å²) in [4.78, 5) is 53.6. The van der Waals surface area contributed by atoms with E-state index in [-0.39, 0.29) is 30.7 Å². The molecular weight excluding hydrogens is 614 g/mol. The van der Waals surface area contributed by atoms with Crippen molar-refractivity contribution in [2.75, 3.05) is 27.3 Å². The predicted octanol–water partition coefficient (Wildman–Crippen LogP) is 3.36. The van der Waals surface area contributed by atoms with Gasteiger partial charge < -0.3 is 43.2 Å². The van der Waals surface area contributed by atoms with Crippen molar-refractivity contribution in [3.8, 4) is 11.5 Å². The molecule has 1 N–H and O–H groups in total. The normalized spacial score (nSPS) is 27.0. The highest BCUT2D eigenvalue weighted by Gasteiger charge is 2.72. The standard InChI is InChI=1S/C34H45NO12/c1-18(2)17-42-30(38)23(45-29(37)19(3)43-31(39)47-32(4,5)6)16-25(36)44-22-11-12-34(40)24-15-20-9-10-21(41-8)27-26(20)33(34,28(22)46-27)13-14-35(24)7/h9-11,18-19,23-24,28,40H,12-17H2,1-8H3/t19-,23-,24+,28-,33-,34+/m0/s1. The van der Waals surface area contributed by atoms with Crippen LogP contribution in [0.25, 0.3) is 0 Å². The Morgan fingerprint density at radius 2 is 1.83 bits per heavy atom. The highest BCUT2D eigenvalue weighted by Crippen LogP contribution is 2.65. The molecule has 2 aliphatic carbocycles. The summed E-state index contributed by atoms with van der Waals surface area (Å²) in [5, 5.41) is 12.4. The van der Waals surface area contributed by atoms with E-state index in [0.717, 1.165) is 11.1 Å². The number of carbonyl (C=O) groups is 4. The number of hydrogen-bond acceptors (Lipinski definition) is 13. The van der Waals surface area contributed by atoms with Crippen LogP contribution >= 0.6 is 0 Å². The fraction of sp³-hybridized carbons (Fsp3) is 0.647. The van der Waals surface area contributed by atoms with Crippen molar-refractivity contribution >= 4 is 24.1 Å². The number of likely N-dealkylation sites (N-methyl/N-ethyl adjacent to an activating group) is 1. The molecule has 5 rings (SSSR count). The SMILES string of the molecule is COc1ccc2c3c1O[C@H]1C(OC(=O)C[C@H](OC(=O)[C@H](C)OC(=O)OC(C)(C)C)C(=O)OCC(C)C)=CC[C@@]4(O)[C@@H](C2)N(C)CC[C@]314. The summed E-state index contributed by atoms with van der Waals surface area (Å²) in [6.45, 7) is 10.5. The molecule has 0 aromatic heterocycles. The third-order valence-electron chi connectivity index (χ3n) is 9.22. The van der Waals surface area contributed by atoms with Gasteiger partial charge in [-0.05, 0) is 77.8 Å². The minimum Gasteiger partial charge on any atom is -0.493 e. The second-order valence-electron chi connectivity index (χ2n) is 14.1. The third kappa shape index (κ3) is 6.27. The van der Waals surface area contributed by atoms with Crippen molar-refractivity contribution in [1.29, 1.82) is 0 Å². The van der Waals surface area contributed by atoms with Crippen LogP contribution in [0, 0.1) is 5.92 Å². The number of esters is 3. The predicted molar refractivity (Wildman–Crippen MR) is 165 cm³/mol. The Hall–Kier alpha value is -3.84. The van der Waals surface area contributed by atoms with Crippen LogP contribution in [-0.2, 0) is 49.9 Å². The second kappa shape index (κ2) is 12.6. The van der Waals surface area contributed by atoms with Gasteiger partial charge in [-0.25, -0.2) is 14.4 Å². The van der Waals surface area contributed by atoms with Crippen molar-refractivity contribution in [3.05, 3.63) is 35.1 Å². The zero-order valence-corrected chi connectivity index (χ0v) is 28.2. The van der Waals surface area contributed by atoms with Crippen LogP contribution in [0.2, 0.25) is 0 Å². The topological polar surface area (TPSA) is 156 Å². The van der Waals surface area contributed by atoms with E-state index in [9.17, 15) is 24.3 Å². The minimum atomic E-state index is -1.69. The maximum absolute atomic E-state index is 13.5. The molecule has 1 aromatic rings. The number of ether oxygens (including phenoxy) is 7. The number of methoxy groups -OCH3 is 1. The maximum Gasteiger partial charge on any atom is 0.509 e. The Labute approximate surface area is 274 Å². The maximum atomic E-state index is 13.5. The molecule has 13 heteroatoms. The van der Waals surface area contributed by atoms with Gasteiger partial charge in [0.05, 0.1) is 31.2 Å². The zero-order chi connectivity index (χ0) is 34.5. The summed E-state index contributed by atoms with van der Waals surface area (Å²) >= 11 is 0. The van der Waals surface area contributed by atoms with E-state index in [4.69, 9.17) is 33.2 Å². The number of benzene rings is 1. The average Bonchev–Trinajstić information content (AvgIpc) is 3.33. The van der Waals surface area contributed by atoms with Crippen LogP contribution in [0.4, 0.5) is 4.79 Å². The highest BCUT2D eigenvalue weighted by atomic mass is 16.7. The summed E-state index contributed by atoms with van der Waals surface area (Å²) < 4.78 is 38.7. The number of piperidine rings is 1. The molecule has 13 nitrogen and oxygen atoms in total. The number of nitrogens with zero attached hydrogens (tertiary/aromatic N) is 1. The Balaban J connectivity index is 1.36. The monoisotopic (exact) mass is 659 g/mol. The van der Waals surface area contributed by atoms with Crippen molar-refractivity contribution in [1.82, 2.24) is 4.90 Å². The molecular formula is C34H45NO12. The van der Waals surface area contributed by atoms with E-state index in [1.165, 1.54) is 6.92 Å². The van der Waals surface area contributed by atoms with Crippen LogP contribution in [-0.4, -0.2) is 96.9 Å². The number of likely N-dealkylation sites (tertiary alicyclic amines) is 1. The Morgan fingerprint density at radius 1 is 1.11 bits per heavy atom. The molecule has 47 heavy (non-hydrogen) atoms. The highest BCUT2D eigenvalue weighted by molar-refractivity contribution is 5.86. The fourth-order valence-electron chi connectivity index (χ4n) is 7.13. The van der Waals surface area contributed by atoms with Gasteiger partial charge in [0, 0.05) is 18.0 Å². The molecule has 2 aliphatic heterocycles. The smallest absolute Gasteiger partial charge is 0.493 e. The van der Waals surface area contributed by atoms with E-state index in [2.05, 4.69) is 4.90 Å². The van der Waals surface area contributed by atoms with Crippen LogP contribution in [0.3, 0.4) is 0 Å². The number of rotatable bonds is 10. The third-order valence-corrected chi connectivity index (χ3v) is 9.22. The van der Waals surface area contributed by atoms with Gasteiger partial charge in [-0.2, -0.15) is 0 Å². The van der Waals surface area contributed by atoms with Crippen LogP contribution in [0.15, 0.2) is 24.0 Å². The first kappa shape index (κ1) is 34.5. The lowest BCUT2D eigenvalue weighted by Crippen LogP contribution is -2.74. The molecule has 258 valence electrons. The minimum absolute atomic E-state index is 0.0199. The van der Waals surface area contributed by atoms with Crippen molar-refractivity contribution in [2.45, 2.75) is 108 Å². The Kier molecular flexibility index (Phi) is 9.28. The van der Waals surface area contributed by atoms with Crippen molar-refractivity contribution < 1.29 is 57.4 Å². The largest absolute Gasteiger partial charge is 0.509 e. The van der Waals surface area contributed by atoms with E-state index in [1.807, 2.05) is 33.0 Å². The van der Waals surface area contributed by atoms with Crippen LogP contribution < -0.4 is 9.47 Å². The lowest BCUT2D eigenvalue weighted by Gasteiger charge is -2.61. The molecule has 0 unspecified atom stereocenters. The summed E-state index contributed by atoms with van der Waals surface area (Å²) in [6.07, 6.45) is -2.73. The lowest BCUT2D eigenvalue weighted by molar-refractivity contribution is -0.179. The van der Waals surface area contributed by atoms with Crippen LogP contribution in [0.5, 0.6) is 11.5 Å². The first-order valence-electron chi connectivity index (χ1n) is 16.0. The Bertz CT molecular complexity index is 1460. The van der Waals surface area contributed by atoms with Crippen molar-refractivity contribution in [2.24, 2.45) is 5.92 Å². The summed E-state index contributed by atoms with van der Waals surface area (Å²) in [5.74, 6) is -1.72. The molecule has 2 heterocycles. The fourth-order valence-corrected chi connectivity index (χ4v) is 7.13. The van der Waals surface area contributed by atoms with Gasteiger partial charge in [-0.1, -0.05) is 19.9 Å². The molecule has 0 saturated carbocycles. The van der Waals surface area contributed by atoms with E-state index < -0.39 is 65.4 Å². The number of aliphatic hydroxyl groups is 1. The van der Waals surface area contributed by atoms with E-state index in [0.29, 0.717) is 30.9 Å². The first-order chi connectivity index (χ1) is 22.0. The molecule has 1 spiro atoms. The van der Waals surface area contributed by atoms with E-state index >= 15 is 0 Å².